The van der Waals surface area contributed by atoms with Crippen molar-refractivity contribution in [1.82, 2.24) is 0 Å². The minimum atomic E-state index is -0.492. The lowest BCUT2D eigenvalue weighted by molar-refractivity contribution is -0.116. The Hall–Kier alpha value is -0.190. The number of ether oxygens (including phenoxy) is 1. The molecule has 1 rings (SSSR count). The lowest BCUT2D eigenvalue weighted by atomic mass is 10.1. The first-order chi connectivity index (χ1) is 6.17. The third kappa shape index (κ3) is 2.90. The van der Waals surface area contributed by atoms with Crippen molar-refractivity contribution in [2.24, 2.45) is 0 Å². The highest BCUT2D eigenvalue weighted by atomic mass is 79.9. The predicted octanol–water partition coefficient (Wildman–Crippen LogP) is 3.10. The zero-order chi connectivity index (χ0) is 9.84. The molecule has 0 bridgehead atoms. The Bertz CT molecular complexity index is 292. The second-order valence-corrected chi connectivity index (χ2v) is 4.33. The van der Waals surface area contributed by atoms with Crippen molar-refractivity contribution in [2.45, 2.75) is 6.10 Å². The Morgan fingerprint density at radius 1 is 1.31 bits per heavy atom. The van der Waals surface area contributed by atoms with Crippen LogP contribution in [-0.2, 0) is 9.53 Å². The molecular formula is C9H8Br2O2. The highest BCUT2D eigenvalue weighted by Gasteiger charge is 2.09. The minimum Gasteiger partial charge on any atom is -0.369 e. The van der Waals surface area contributed by atoms with Crippen LogP contribution in [0.3, 0.4) is 0 Å². The van der Waals surface area contributed by atoms with Gasteiger partial charge in [-0.15, -0.1) is 0 Å². The third-order valence-electron chi connectivity index (χ3n) is 1.59. The fourth-order valence-electron chi connectivity index (χ4n) is 1.01. The van der Waals surface area contributed by atoms with E-state index in [9.17, 15) is 4.79 Å². The Labute approximate surface area is 93.5 Å². The maximum Gasteiger partial charge on any atom is 0.153 e. The molecule has 0 heterocycles. The van der Waals surface area contributed by atoms with Crippen LogP contribution in [0.4, 0.5) is 0 Å². The molecule has 0 aliphatic carbocycles. The molecule has 0 aliphatic heterocycles. The van der Waals surface area contributed by atoms with Crippen LogP contribution in [0.2, 0.25) is 0 Å². The van der Waals surface area contributed by atoms with Gasteiger partial charge in [0, 0.05) is 16.1 Å². The van der Waals surface area contributed by atoms with Crippen LogP contribution < -0.4 is 0 Å². The van der Waals surface area contributed by atoms with E-state index >= 15 is 0 Å². The molecule has 13 heavy (non-hydrogen) atoms. The average Bonchev–Trinajstić information content (AvgIpc) is 2.04. The van der Waals surface area contributed by atoms with Gasteiger partial charge in [-0.25, -0.2) is 0 Å². The molecule has 0 fully saturated rings. The van der Waals surface area contributed by atoms with E-state index in [0.29, 0.717) is 0 Å². The van der Waals surface area contributed by atoms with Gasteiger partial charge in [0.15, 0.2) is 6.29 Å². The third-order valence-corrected chi connectivity index (χ3v) is 2.51. The Morgan fingerprint density at radius 2 is 1.85 bits per heavy atom. The van der Waals surface area contributed by atoms with Crippen molar-refractivity contribution in [3.8, 4) is 0 Å². The van der Waals surface area contributed by atoms with Gasteiger partial charge in [-0.1, -0.05) is 31.9 Å². The standard InChI is InChI=1S/C9H8Br2O2/c1-13-9(5-12)6-2-7(10)4-8(11)3-6/h2-5,9H,1H3. The Balaban J connectivity index is 3.05. The molecule has 0 saturated carbocycles. The van der Waals surface area contributed by atoms with Gasteiger partial charge in [0.05, 0.1) is 0 Å². The van der Waals surface area contributed by atoms with E-state index in [1.807, 2.05) is 18.2 Å². The smallest absolute Gasteiger partial charge is 0.153 e. The molecule has 1 unspecified atom stereocenters. The summed E-state index contributed by atoms with van der Waals surface area (Å²) >= 11 is 6.68. The zero-order valence-electron chi connectivity index (χ0n) is 6.96. The summed E-state index contributed by atoms with van der Waals surface area (Å²) in [4.78, 5) is 10.6. The van der Waals surface area contributed by atoms with Gasteiger partial charge in [-0.3, -0.25) is 0 Å². The molecule has 4 heteroatoms. The van der Waals surface area contributed by atoms with Crippen LogP contribution in [0.25, 0.3) is 0 Å². The fraction of sp³-hybridized carbons (Fsp3) is 0.222. The van der Waals surface area contributed by atoms with Gasteiger partial charge in [-0.05, 0) is 23.8 Å². The van der Waals surface area contributed by atoms with Crippen LogP contribution in [0.5, 0.6) is 0 Å². The van der Waals surface area contributed by atoms with Gasteiger partial charge in [-0.2, -0.15) is 0 Å². The summed E-state index contributed by atoms with van der Waals surface area (Å²) in [5, 5.41) is 0. The number of carbonyl (C=O) groups excluding carboxylic acids is 1. The predicted molar refractivity (Wildman–Crippen MR) is 57.7 cm³/mol. The molecular weight excluding hydrogens is 300 g/mol. The largest absolute Gasteiger partial charge is 0.369 e. The molecule has 1 atom stereocenters. The minimum absolute atomic E-state index is 0.492. The first kappa shape index (κ1) is 10.9. The summed E-state index contributed by atoms with van der Waals surface area (Å²) in [6.07, 6.45) is 0.280. The van der Waals surface area contributed by atoms with E-state index < -0.39 is 6.10 Å². The van der Waals surface area contributed by atoms with Gasteiger partial charge < -0.3 is 9.53 Å². The average molecular weight is 308 g/mol. The number of benzene rings is 1. The molecule has 0 spiro atoms. The van der Waals surface area contributed by atoms with Crippen molar-refractivity contribution in [3.63, 3.8) is 0 Å². The van der Waals surface area contributed by atoms with Crippen LogP contribution in [-0.4, -0.2) is 13.4 Å². The van der Waals surface area contributed by atoms with E-state index in [1.165, 1.54) is 7.11 Å². The number of carbonyl (C=O) groups is 1. The summed E-state index contributed by atoms with van der Waals surface area (Å²) < 4.78 is 6.82. The Kier molecular flexibility index (Phi) is 4.09. The molecule has 0 aromatic heterocycles. The number of hydrogen-bond acceptors (Lipinski definition) is 2. The summed E-state index contributed by atoms with van der Waals surface area (Å²) in [5.41, 5.74) is 0.832. The van der Waals surface area contributed by atoms with Crippen LogP contribution in [0, 0.1) is 0 Å². The lowest BCUT2D eigenvalue weighted by Crippen LogP contribution is -2.02. The number of hydrogen-bond donors (Lipinski definition) is 0. The summed E-state index contributed by atoms with van der Waals surface area (Å²) in [6.45, 7) is 0. The molecule has 1 aromatic rings. The van der Waals surface area contributed by atoms with Gasteiger partial charge in [0.25, 0.3) is 0 Å². The van der Waals surface area contributed by atoms with Crippen molar-refractivity contribution in [3.05, 3.63) is 32.7 Å². The molecule has 2 nitrogen and oxygen atoms in total. The maximum absolute atomic E-state index is 10.6. The van der Waals surface area contributed by atoms with Gasteiger partial charge in [0.2, 0.25) is 0 Å². The Morgan fingerprint density at radius 3 is 2.23 bits per heavy atom. The second-order valence-electron chi connectivity index (χ2n) is 2.50. The van der Waals surface area contributed by atoms with Crippen molar-refractivity contribution >= 4 is 38.1 Å². The van der Waals surface area contributed by atoms with Gasteiger partial charge in [0.1, 0.15) is 6.10 Å². The molecule has 0 radical (unpaired) electrons. The molecule has 0 N–H and O–H groups in total. The number of rotatable bonds is 3. The highest BCUT2D eigenvalue weighted by Crippen LogP contribution is 2.24. The molecule has 70 valence electrons. The lowest BCUT2D eigenvalue weighted by Gasteiger charge is -2.09. The summed E-state index contributed by atoms with van der Waals surface area (Å²) in [7, 11) is 1.51. The van der Waals surface area contributed by atoms with Crippen molar-refractivity contribution in [2.75, 3.05) is 7.11 Å². The first-order valence-corrected chi connectivity index (χ1v) is 5.20. The summed E-state index contributed by atoms with van der Waals surface area (Å²) in [6, 6.07) is 5.61. The van der Waals surface area contributed by atoms with E-state index in [4.69, 9.17) is 4.74 Å². The van der Waals surface area contributed by atoms with Crippen LogP contribution >= 0.6 is 31.9 Å². The topological polar surface area (TPSA) is 26.3 Å². The first-order valence-electron chi connectivity index (χ1n) is 3.61. The quantitative estimate of drug-likeness (QED) is 0.802. The zero-order valence-corrected chi connectivity index (χ0v) is 10.1. The summed E-state index contributed by atoms with van der Waals surface area (Å²) in [5.74, 6) is 0. The molecule has 0 amide bonds. The van der Waals surface area contributed by atoms with Crippen molar-refractivity contribution < 1.29 is 9.53 Å². The normalized spacial score (nSPS) is 12.5. The van der Waals surface area contributed by atoms with E-state index in [-0.39, 0.29) is 0 Å². The number of halogens is 2. The maximum atomic E-state index is 10.6. The molecule has 0 aliphatic rings. The van der Waals surface area contributed by atoms with Crippen molar-refractivity contribution in [1.29, 1.82) is 0 Å². The monoisotopic (exact) mass is 306 g/mol. The van der Waals surface area contributed by atoms with E-state index in [1.54, 1.807) is 0 Å². The van der Waals surface area contributed by atoms with E-state index in [0.717, 1.165) is 20.8 Å². The fourth-order valence-corrected chi connectivity index (χ4v) is 2.34. The molecule has 1 aromatic carbocycles. The SMILES string of the molecule is COC(C=O)c1cc(Br)cc(Br)c1. The molecule has 0 saturated heterocycles. The highest BCUT2D eigenvalue weighted by molar-refractivity contribution is 9.11. The van der Waals surface area contributed by atoms with Gasteiger partial charge >= 0.3 is 0 Å². The second kappa shape index (κ2) is 4.88. The van der Waals surface area contributed by atoms with Crippen LogP contribution in [0.1, 0.15) is 11.7 Å². The van der Waals surface area contributed by atoms with Crippen LogP contribution in [0.15, 0.2) is 27.1 Å². The van der Waals surface area contributed by atoms with E-state index in [2.05, 4.69) is 31.9 Å². The number of methoxy groups -OCH3 is 1. The number of aldehydes is 1.